The van der Waals surface area contributed by atoms with Crippen LogP contribution in [0.25, 0.3) is 0 Å². The number of nitrogens with zero attached hydrogens (tertiary/aromatic N) is 1. The summed E-state index contributed by atoms with van der Waals surface area (Å²) >= 11 is 0. The molecule has 0 radical (unpaired) electrons. The van der Waals surface area contributed by atoms with Gasteiger partial charge >= 0.3 is 6.03 Å². The van der Waals surface area contributed by atoms with Gasteiger partial charge in [0.2, 0.25) is 0 Å². The predicted octanol–water partition coefficient (Wildman–Crippen LogP) is 1.93. The zero-order chi connectivity index (χ0) is 15.9. The van der Waals surface area contributed by atoms with E-state index in [1.54, 1.807) is 17.0 Å². The monoisotopic (exact) mass is 303 g/mol. The third-order valence-electron chi connectivity index (χ3n) is 3.79. The first kappa shape index (κ1) is 14.6. The molecule has 2 N–H and O–H groups in total. The van der Waals surface area contributed by atoms with E-state index >= 15 is 0 Å². The molecule has 0 bridgehead atoms. The number of rotatable bonds is 3. The van der Waals surface area contributed by atoms with Crippen LogP contribution in [0.5, 0.6) is 0 Å². The normalized spacial score (nSPS) is 21.1. The minimum Gasteiger partial charge on any atom is -0.333 e. The zero-order valence-corrected chi connectivity index (χ0v) is 12.5. The summed E-state index contributed by atoms with van der Waals surface area (Å²) < 4.78 is 13.5. The maximum Gasteiger partial charge on any atom is 0.319 e. The second-order valence-corrected chi connectivity index (χ2v) is 6.06. The van der Waals surface area contributed by atoms with Crippen LogP contribution in [-0.2, 0) is 4.79 Å². The lowest BCUT2D eigenvalue weighted by Crippen LogP contribution is -2.44. The summed E-state index contributed by atoms with van der Waals surface area (Å²) in [6, 6.07) is 4.99. The molecule has 2 aliphatic heterocycles. The van der Waals surface area contributed by atoms with Gasteiger partial charge in [-0.3, -0.25) is 4.79 Å². The number of benzene rings is 1. The highest BCUT2D eigenvalue weighted by Gasteiger charge is 2.40. The van der Waals surface area contributed by atoms with Gasteiger partial charge in [0.05, 0.1) is 23.9 Å². The van der Waals surface area contributed by atoms with Gasteiger partial charge in [-0.05, 0) is 23.6 Å². The molecule has 0 aromatic heterocycles. The first-order valence-electron chi connectivity index (χ1n) is 7.31. The lowest BCUT2D eigenvalue weighted by Gasteiger charge is -2.25. The van der Waals surface area contributed by atoms with Crippen LogP contribution in [0, 0.1) is 11.7 Å². The van der Waals surface area contributed by atoms with E-state index in [9.17, 15) is 14.0 Å². The zero-order valence-electron chi connectivity index (χ0n) is 12.5. The molecule has 2 aliphatic rings. The Morgan fingerprint density at radius 3 is 2.82 bits per heavy atom. The maximum atomic E-state index is 13.5. The fourth-order valence-electron chi connectivity index (χ4n) is 2.95. The van der Waals surface area contributed by atoms with Gasteiger partial charge in [0.25, 0.3) is 5.91 Å². The molecular formula is C16H18FN3O2. The van der Waals surface area contributed by atoms with E-state index in [2.05, 4.69) is 10.6 Å². The van der Waals surface area contributed by atoms with E-state index in [0.717, 1.165) is 0 Å². The van der Waals surface area contributed by atoms with Gasteiger partial charge in [-0.1, -0.05) is 26.0 Å². The van der Waals surface area contributed by atoms with Gasteiger partial charge in [0.15, 0.2) is 0 Å². The van der Waals surface area contributed by atoms with Crippen molar-refractivity contribution in [2.45, 2.75) is 19.9 Å². The van der Waals surface area contributed by atoms with E-state index in [1.807, 2.05) is 13.8 Å². The number of hydrogen-bond donors (Lipinski definition) is 2. The third kappa shape index (κ3) is 2.56. The third-order valence-corrected chi connectivity index (χ3v) is 3.79. The number of urea groups is 1. The standard InChI is InChI=1S/C16H18FN3O2/c1-9(2)7-20-8-12-13(15(20)21)14(19-16(22)18-12)10-4-3-5-11(17)6-10/h3-6,9,14H,7-8H2,1-2H3,(H2,18,19,22)/t14-/m0/s1. The molecule has 0 unspecified atom stereocenters. The van der Waals surface area contributed by atoms with Gasteiger partial charge < -0.3 is 15.5 Å². The van der Waals surface area contributed by atoms with Crippen LogP contribution < -0.4 is 10.6 Å². The van der Waals surface area contributed by atoms with Crippen molar-refractivity contribution in [3.8, 4) is 0 Å². The molecule has 0 fully saturated rings. The molecule has 22 heavy (non-hydrogen) atoms. The van der Waals surface area contributed by atoms with E-state index in [0.29, 0.717) is 35.8 Å². The van der Waals surface area contributed by atoms with Gasteiger partial charge in [-0.25, -0.2) is 9.18 Å². The van der Waals surface area contributed by atoms with Crippen molar-refractivity contribution in [3.05, 3.63) is 46.9 Å². The molecule has 1 aromatic rings. The van der Waals surface area contributed by atoms with Crippen molar-refractivity contribution in [2.24, 2.45) is 5.92 Å². The van der Waals surface area contributed by atoms with Gasteiger partial charge in [-0.2, -0.15) is 0 Å². The molecule has 0 aliphatic carbocycles. The number of carbonyl (C=O) groups is 2. The molecule has 1 atom stereocenters. The fourth-order valence-corrected chi connectivity index (χ4v) is 2.95. The second kappa shape index (κ2) is 5.44. The number of nitrogens with one attached hydrogen (secondary N) is 2. The number of amides is 3. The first-order chi connectivity index (χ1) is 10.5. The molecule has 1 aromatic carbocycles. The molecule has 0 saturated carbocycles. The van der Waals surface area contributed by atoms with Gasteiger partial charge in [0.1, 0.15) is 5.82 Å². The van der Waals surface area contributed by atoms with Crippen LogP contribution >= 0.6 is 0 Å². The Balaban J connectivity index is 1.96. The molecule has 5 nitrogen and oxygen atoms in total. The Morgan fingerprint density at radius 2 is 2.14 bits per heavy atom. The van der Waals surface area contributed by atoms with E-state index < -0.39 is 11.9 Å². The summed E-state index contributed by atoms with van der Waals surface area (Å²) in [6.07, 6.45) is 0. The van der Waals surface area contributed by atoms with Crippen molar-refractivity contribution in [1.82, 2.24) is 15.5 Å². The average Bonchev–Trinajstić information content (AvgIpc) is 2.73. The summed E-state index contributed by atoms with van der Waals surface area (Å²) in [5.41, 5.74) is 1.69. The summed E-state index contributed by atoms with van der Waals surface area (Å²) in [5.74, 6) is -0.163. The summed E-state index contributed by atoms with van der Waals surface area (Å²) in [7, 11) is 0. The Labute approximate surface area is 128 Å². The first-order valence-corrected chi connectivity index (χ1v) is 7.31. The minimum absolute atomic E-state index is 0.106. The Kier molecular flexibility index (Phi) is 3.60. The predicted molar refractivity (Wildman–Crippen MR) is 79.3 cm³/mol. The van der Waals surface area contributed by atoms with Crippen LogP contribution in [-0.4, -0.2) is 29.9 Å². The highest BCUT2D eigenvalue weighted by atomic mass is 19.1. The van der Waals surface area contributed by atoms with E-state index in [1.165, 1.54) is 12.1 Å². The largest absolute Gasteiger partial charge is 0.333 e. The highest BCUT2D eigenvalue weighted by molar-refractivity contribution is 6.01. The van der Waals surface area contributed by atoms with Crippen LogP contribution in [0.2, 0.25) is 0 Å². The van der Waals surface area contributed by atoms with Gasteiger partial charge in [-0.15, -0.1) is 0 Å². The topological polar surface area (TPSA) is 61.4 Å². The molecule has 2 heterocycles. The molecule has 116 valence electrons. The smallest absolute Gasteiger partial charge is 0.319 e. The summed E-state index contributed by atoms with van der Waals surface area (Å²) in [5, 5.41) is 5.41. The SMILES string of the molecule is CC(C)CN1CC2=C(C1=O)[C@H](c1cccc(F)c1)NC(=O)N2. The Hall–Kier alpha value is -2.37. The molecule has 6 heteroatoms. The summed E-state index contributed by atoms with van der Waals surface area (Å²) in [4.78, 5) is 26.2. The van der Waals surface area contributed by atoms with Crippen molar-refractivity contribution >= 4 is 11.9 Å². The van der Waals surface area contributed by atoms with Crippen LogP contribution in [0.4, 0.5) is 9.18 Å². The van der Waals surface area contributed by atoms with Crippen molar-refractivity contribution in [2.75, 3.05) is 13.1 Å². The highest BCUT2D eigenvalue weighted by Crippen LogP contribution is 2.32. The number of halogens is 1. The van der Waals surface area contributed by atoms with Crippen LogP contribution in [0.15, 0.2) is 35.5 Å². The van der Waals surface area contributed by atoms with Crippen molar-refractivity contribution < 1.29 is 14.0 Å². The van der Waals surface area contributed by atoms with E-state index in [-0.39, 0.29) is 11.9 Å². The number of carbonyl (C=O) groups excluding carboxylic acids is 2. The van der Waals surface area contributed by atoms with E-state index in [4.69, 9.17) is 0 Å². The Morgan fingerprint density at radius 1 is 1.36 bits per heavy atom. The minimum atomic E-state index is -0.607. The lowest BCUT2D eigenvalue weighted by atomic mass is 9.96. The molecule has 3 amide bonds. The van der Waals surface area contributed by atoms with Crippen molar-refractivity contribution in [3.63, 3.8) is 0 Å². The molecule has 3 rings (SSSR count). The fraction of sp³-hybridized carbons (Fsp3) is 0.375. The lowest BCUT2D eigenvalue weighted by molar-refractivity contribution is -0.126. The molecular weight excluding hydrogens is 285 g/mol. The van der Waals surface area contributed by atoms with Crippen molar-refractivity contribution in [1.29, 1.82) is 0 Å². The summed E-state index contributed by atoms with van der Waals surface area (Å²) in [6.45, 7) is 5.08. The molecule has 0 spiro atoms. The quantitative estimate of drug-likeness (QED) is 0.896. The number of hydrogen-bond acceptors (Lipinski definition) is 2. The van der Waals surface area contributed by atoms with Crippen LogP contribution in [0.1, 0.15) is 25.5 Å². The average molecular weight is 303 g/mol. The molecule has 0 saturated heterocycles. The van der Waals surface area contributed by atoms with Gasteiger partial charge in [0, 0.05) is 6.54 Å². The van der Waals surface area contributed by atoms with Crippen LogP contribution in [0.3, 0.4) is 0 Å². The Bertz CT molecular complexity index is 669. The maximum absolute atomic E-state index is 13.5. The second-order valence-electron chi connectivity index (χ2n) is 6.06.